The van der Waals surface area contributed by atoms with Gasteiger partial charge in [-0.3, -0.25) is 0 Å². The van der Waals surface area contributed by atoms with Crippen molar-refractivity contribution in [3.05, 3.63) is 0 Å². The number of ether oxygens (including phenoxy) is 2. The Morgan fingerprint density at radius 3 is 2.48 bits per heavy atom. The lowest BCUT2D eigenvalue weighted by molar-refractivity contribution is 0.0198. The van der Waals surface area contributed by atoms with Gasteiger partial charge in [-0.2, -0.15) is 0 Å². The number of hydrogen-bond acceptors (Lipinski definition) is 4. The first kappa shape index (κ1) is 18.2. The Kier molecular flexibility index (Phi) is 8.04. The van der Waals surface area contributed by atoms with Gasteiger partial charge in [-0.25, -0.2) is 4.79 Å². The molecule has 1 amide bonds. The van der Waals surface area contributed by atoms with Crippen LogP contribution in [0.5, 0.6) is 0 Å². The molecule has 1 N–H and O–H groups in total. The quantitative estimate of drug-likeness (QED) is 0.735. The molecule has 0 bridgehead atoms. The first-order valence-electron chi connectivity index (χ1n) is 8.21. The molecule has 1 aliphatic heterocycles. The van der Waals surface area contributed by atoms with Gasteiger partial charge in [-0.15, -0.1) is 0 Å². The van der Waals surface area contributed by atoms with Crippen molar-refractivity contribution in [2.45, 2.75) is 65.0 Å². The Hall–Kier alpha value is -0.810. The molecule has 0 atom stereocenters. The molecule has 5 heteroatoms. The number of likely N-dealkylation sites (tertiary alicyclic amines) is 1. The third-order valence-corrected chi connectivity index (χ3v) is 3.39. The molecular weight excluding hydrogens is 268 g/mol. The van der Waals surface area contributed by atoms with E-state index in [1.165, 1.54) is 0 Å². The fraction of sp³-hybridized carbons (Fsp3) is 0.938. The van der Waals surface area contributed by atoms with Crippen LogP contribution >= 0.6 is 0 Å². The minimum Gasteiger partial charge on any atom is -0.444 e. The fourth-order valence-electron chi connectivity index (χ4n) is 2.32. The summed E-state index contributed by atoms with van der Waals surface area (Å²) in [6, 6.07) is 0.509. The third kappa shape index (κ3) is 8.27. The van der Waals surface area contributed by atoms with Gasteiger partial charge in [0.2, 0.25) is 0 Å². The van der Waals surface area contributed by atoms with Gasteiger partial charge < -0.3 is 19.7 Å². The van der Waals surface area contributed by atoms with Gasteiger partial charge in [0, 0.05) is 32.3 Å². The highest BCUT2D eigenvalue weighted by molar-refractivity contribution is 5.68. The summed E-state index contributed by atoms with van der Waals surface area (Å²) >= 11 is 0. The van der Waals surface area contributed by atoms with Crippen LogP contribution in [0.1, 0.15) is 53.4 Å². The van der Waals surface area contributed by atoms with Crippen molar-refractivity contribution in [3.63, 3.8) is 0 Å². The molecule has 1 heterocycles. The van der Waals surface area contributed by atoms with E-state index in [2.05, 4.69) is 12.2 Å². The zero-order chi connectivity index (χ0) is 15.7. The molecule has 0 aromatic rings. The van der Waals surface area contributed by atoms with Crippen LogP contribution in [-0.2, 0) is 9.47 Å². The molecule has 1 fully saturated rings. The van der Waals surface area contributed by atoms with Crippen molar-refractivity contribution >= 4 is 6.09 Å². The predicted molar refractivity (Wildman–Crippen MR) is 84.6 cm³/mol. The van der Waals surface area contributed by atoms with Crippen LogP contribution < -0.4 is 5.32 Å². The number of nitrogens with one attached hydrogen (secondary N) is 1. The smallest absolute Gasteiger partial charge is 0.410 e. The van der Waals surface area contributed by atoms with E-state index in [0.717, 1.165) is 58.5 Å². The first-order chi connectivity index (χ1) is 9.92. The van der Waals surface area contributed by atoms with Gasteiger partial charge in [0.25, 0.3) is 0 Å². The second-order valence-electron chi connectivity index (χ2n) is 6.66. The summed E-state index contributed by atoms with van der Waals surface area (Å²) in [6.45, 7) is 12.1. The Bertz CT molecular complexity index is 294. The molecule has 0 spiro atoms. The normalized spacial score (nSPS) is 17.0. The number of rotatable bonds is 7. The molecule has 1 rings (SSSR count). The summed E-state index contributed by atoms with van der Waals surface area (Å²) in [6.07, 6.45) is 3.93. The van der Waals surface area contributed by atoms with Gasteiger partial charge in [0.1, 0.15) is 5.60 Å². The van der Waals surface area contributed by atoms with Gasteiger partial charge >= 0.3 is 6.09 Å². The highest BCUT2D eigenvalue weighted by Gasteiger charge is 2.26. The van der Waals surface area contributed by atoms with E-state index >= 15 is 0 Å². The molecular formula is C16H32N2O3. The van der Waals surface area contributed by atoms with Crippen molar-refractivity contribution in [2.75, 3.05) is 32.8 Å². The van der Waals surface area contributed by atoms with Crippen LogP contribution in [0.25, 0.3) is 0 Å². The second-order valence-corrected chi connectivity index (χ2v) is 6.66. The number of hydrogen-bond donors (Lipinski definition) is 1. The number of piperidine rings is 1. The van der Waals surface area contributed by atoms with Gasteiger partial charge in [-0.05, 0) is 53.0 Å². The monoisotopic (exact) mass is 300 g/mol. The van der Waals surface area contributed by atoms with Crippen LogP contribution in [0.2, 0.25) is 0 Å². The van der Waals surface area contributed by atoms with E-state index in [1.54, 1.807) is 0 Å². The van der Waals surface area contributed by atoms with E-state index in [0.29, 0.717) is 6.04 Å². The maximum absolute atomic E-state index is 11.9. The highest BCUT2D eigenvalue weighted by Crippen LogP contribution is 2.15. The molecule has 124 valence electrons. The Balaban J connectivity index is 2.10. The summed E-state index contributed by atoms with van der Waals surface area (Å²) in [7, 11) is 0. The average Bonchev–Trinajstić information content (AvgIpc) is 2.41. The largest absolute Gasteiger partial charge is 0.444 e. The van der Waals surface area contributed by atoms with Crippen molar-refractivity contribution < 1.29 is 14.3 Å². The molecule has 21 heavy (non-hydrogen) atoms. The lowest BCUT2D eigenvalue weighted by Gasteiger charge is -2.33. The summed E-state index contributed by atoms with van der Waals surface area (Å²) in [5, 5.41) is 3.55. The van der Waals surface area contributed by atoms with Crippen LogP contribution in [0.4, 0.5) is 4.79 Å². The zero-order valence-electron chi connectivity index (χ0n) is 14.1. The van der Waals surface area contributed by atoms with Crippen LogP contribution in [-0.4, -0.2) is 55.5 Å². The minimum atomic E-state index is -0.412. The first-order valence-corrected chi connectivity index (χ1v) is 8.21. The number of amides is 1. The fourth-order valence-corrected chi connectivity index (χ4v) is 2.32. The average molecular weight is 300 g/mol. The molecule has 0 radical (unpaired) electrons. The number of carbonyl (C=O) groups excluding carboxylic acids is 1. The summed E-state index contributed by atoms with van der Waals surface area (Å²) < 4.78 is 10.9. The number of carbonyl (C=O) groups is 1. The molecule has 0 unspecified atom stereocenters. The predicted octanol–water partition coefficient (Wildman–Crippen LogP) is 2.79. The molecule has 0 aromatic carbocycles. The van der Waals surface area contributed by atoms with E-state index in [-0.39, 0.29) is 6.09 Å². The maximum Gasteiger partial charge on any atom is 0.410 e. The standard InChI is InChI=1S/C16H32N2O3/c1-5-12-20-13-6-9-17-14-7-10-18(11-8-14)15(19)21-16(2,3)4/h14,17H,5-13H2,1-4H3. The van der Waals surface area contributed by atoms with Crippen LogP contribution in [0.3, 0.4) is 0 Å². The molecule has 0 aromatic heterocycles. The van der Waals surface area contributed by atoms with Crippen molar-refractivity contribution in [1.82, 2.24) is 10.2 Å². The van der Waals surface area contributed by atoms with E-state index in [4.69, 9.17) is 9.47 Å². The highest BCUT2D eigenvalue weighted by atomic mass is 16.6. The maximum atomic E-state index is 11.9. The second kappa shape index (κ2) is 9.26. The Morgan fingerprint density at radius 1 is 1.24 bits per heavy atom. The lowest BCUT2D eigenvalue weighted by Crippen LogP contribution is -2.46. The summed E-state index contributed by atoms with van der Waals surface area (Å²) in [5.41, 5.74) is -0.412. The zero-order valence-corrected chi connectivity index (χ0v) is 14.1. The van der Waals surface area contributed by atoms with E-state index in [9.17, 15) is 4.79 Å². The molecule has 1 aliphatic rings. The topological polar surface area (TPSA) is 50.8 Å². The molecule has 0 saturated carbocycles. The SMILES string of the molecule is CCCOCCCNC1CCN(C(=O)OC(C)(C)C)CC1. The van der Waals surface area contributed by atoms with Gasteiger partial charge in [0.05, 0.1) is 0 Å². The van der Waals surface area contributed by atoms with Crippen molar-refractivity contribution in [1.29, 1.82) is 0 Å². The van der Waals surface area contributed by atoms with E-state index < -0.39 is 5.60 Å². The van der Waals surface area contributed by atoms with Gasteiger partial charge in [-0.1, -0.05) is 6.92 Å². The molecule has 5 nitrogen and oxygen atoms in total. The van der Waals surface area contributed by atoms with Crippen LogP contribution in [0, 0.1) is 0 Å². The summed E-state index contributed by atoms with van der Waals surface area (Å²) in [5.74, 6) is 0. The lowest BCUT2D eigenvalue weighted by atomic mass is 10.1. The molecule has 1 saturated heterocycles. The Morgan fingerprint density at radius 2 is 1.90 bits per heavy atom. The minimum absolute atomic E-state index is 0.186. The van der Waals surface area contributed by atoms with Crippen molar-refractivity contribution in [2.24, 2.45) is 0 Å². The van der Waals surface area contributed by atoms with Crippen molar-refractivity contribution in [3.8, 4) is 0 Å². The third-order valence-electron chi connectivity index (χ3n) is 3.39. The summed E-state index contributed by atoms with van der Waals surface area (Å²) in [4.78, 5) is 13.8. The molecule has 0 aliphatic carbocycles. The van der Waals surface area contributed by atoms with Crippen LogP contribution in [0.15, 0.2) is 0 Å². The van der Waals surface area contributed by atoms with E-state index in [1.807, 2.05) is 25.7 Å². The Labute approximate surface area is 129 Å². The number of nitrogens with zero attached hydrogens (tertiary/aromatic N) is 1. The van der Waals surface area contributed by atoms with Gasteiger partial charge in [0.15, 0.2) is 0 Å².